The molecule has 7 nitrogen and oxygen atoms in total. The molecule has 1 heterocycles. The Hall–Kier alpha value is -2.83. The van der Waals surface area contributed by atoms with Gasteiger partial charge in [0, 0.05) is 12.2 Å². The number of aromatic nitrogens is 2. The maximum absolute atomic E-state index is 12.0. The first-order valence-electron chi connectivity index (χ1n) is 8.04. The second kappa shape index (κ2) is 7.16. The minimum Gasteiger partial charge on any atom is -0.371 e. The first kappa shape index (κ1) is 16.0. The molecule has 126 valence electrons. The minimum atomic E-state index is -0.538. The minimum absolute atomic E-state index is 0.220. The van der Waals surface area contributed by atoms with Crippen molar-refractivity contribution in [2.24, 2.45) is 0 Å². The number of nitrogens with zero attached hydrogens (tertiary/aromatic N) is 2. The summed E-state index contributed by atoms with van der Waals surface area (Å²) in [5.41, 5.74) is 1.88. The second-order valence-corrected chi connectivity index (χ2v) is 6.02. The third-order valence-corrected chi connectivity index (χ3v) is 3.75. The van der Waals surface area contributed by atoms with E-state index < -0.39 is 12.1 Å². The molecule has 0 saturated heterocycles. The number of carbonyl (C=O) groups is 2. The van der Waals surface area contributed by atoms with Crippen molar-refractivity contribution >= 4 is 17.6 Å². The number of urea groups is 1. The number of amides is 3. The smallest absolute Gasteiger partial charge is 0.321 e. The normalized spacial score (nSPS) is 14.7. The van der Waals surface area contributed by atoms with Crippen LogP contribution < -0.4 is 16.0 Å². The molecule has 1 saturated carbocycles. The summed E-state index contributed by atoms with van der Waals surface area (Å²) in [6.45, 7) is 2.36. The molecule has 3 amide bonds. The van der Waals surface area contributed by atoms with Crippen molar-refractivity contribution in [2.75, 3.05) is 5.32 Å². The van der Waals surface area contributed by atoms with Crippen LogP contribution >= 0.6 is 0 Å². The van der Waals surface area contributed by atoms with E-state index in [1.807, 2.05) is 36.5 Å². The van der Waals surface area contributed by atoms with Gasteiger partial charge in [0.2, 0.25) is 5.91 Å². The molecule has 1 aliphatic rings. The number of carbonyl (C=O) groups excluding carboxylic acids is 2. The molecule has 0 bridgehead atoms. The van der Waals surface area contributed by atoms with E-state index in [2.05, 4.69) is 21.0 Å². The first-order chi connectivity index (χ1) is 11.6. The first-order valence-corrected chi connectivity index (χ1v) is 8.04. The lowest BCUT2D eigenvalue weighted by Crippen LogP contribution is -2.46. The van der Waals surface area contributed by atoms with Gasteiger partial charge in [-0.05, 0) is 25.3 Å². The van der Waals surface area contributed by atoms with Crippen LogP contribution in [-0.4, -0.2) is 33.8 Å². The molecular formula is C17H21N5O2. The molecule has 1 aromatic heterocycles. The van der Waals surface area contributed by atoms with Gasteiger partial charge >= 0.3 is 6.03 Å². The van der Waals surface area contributed by atoms with Crippen molar-refractivity contribution in [3.05, 3.63) is 48.3 Å². The maximum Gasteiger partial charge on any atom is 0.321 e. The van der Waals surface area contributed by atoms with Gasteiger partial charge < -0.3 is 10.6 Å². The fraction of sp³-hybridized carbons (Fsp3) is 0.353. The van der Waals surface area contributed by atoms with Crippen LogP contribution in [-0.2, 0) is 11.3 Å². The molecular weight excluding hydrogens is 306 g/mol. The van der Waals surface area contributed by atoms with Gasteiger partial charge in [-0.25, -0.2) is 4.79 Å². The predicted octanol–water partition coefficient (Wildman–Crippen LogP) is 1.72. The third kappa shape index (κ3) is 4.58. The van der Waals surface area contributed by atoms with Crippen molar-refractivity contribution < 1.29 is 9.59 Å². The summed E-state index contributed by atoms with van der Waals surface area (Å²) in [6.07, 6.45) is 5.46. The summed E-state index contributed by atoms with van der Waals surface area (Å²) in [5, 5.41) is 12.4. The number of hydrogen-bond acceptors (Lipinski definition) is 4. The SMILES string of the molecule is C[C@H](Nc1cnn(Cc2ccccc2)c1)C(=O)NC(=O)NC1CC1. The van der Waals surface area contributed by atoms with E-state index in [1.54, 1.807) is 17.8 Å². The van der Waals surface area contributed by atoms with Gasteiger partial charge in [0.05, 0.1) is 18.4 Å². The summed E-state index contributed by atoms with van der Waals surface area (Å²) in [7, 11) is 0. The highest BCUT2D eigenvalue weighted by molar-refractivity contribution is 5.98. The predicted molar refractivity (Wildman–Crippen MR) is 90.6 cm³/mol. The van der Waals surface area contributed by atoms with Gasteiger partial charge in [0.15, 0.2) is 0 Å². The molecule has 1 aliphatic carbocycles. The Kier molecular flexibility index (Phi) is 4.79. The molecule has 3 N–H and O–H groups in total. The number of benzene rings is 1. The van der Waals surface area contributed by atoms with Crippen LogP contribution in [0.3, 0.4) is 0 Å². The van der Waals surface area contributed by atoms with Gasteiger partial charge in [-0.1, -0.05) is 30.3 Å². The van der Waals surface area contributed by atoms with E-state index in [0.717, 1.165) is 24.1 Å². The lowest BCUT2D eigenvalue weighted by molar-refractivity contribution is -0.120. The molecule has 1 fully saturated rings. The molecule has 0 radical (unpaired) electrons. The van der Waals surface area contributed by atoms with Crippen LogP contribution in [0.15, 0.2) is 42.7 Å². The number of rotatable bonds is 6. The van der Waals surface area contributed by atoms with Gasteiger partial charge in [-0.3, -0.25) is 14.8 Å². The molecule has 1 atom stereocenters. The zero-order valence-electron chi connectivity index (χ0n) is 13.5. The van der Waals surface area contributed by atoms with E-state index in [1.165, 1.54) is 0 Å². The molecule has 0 spiro atoms. The zero-order valence-corrected chi connectivity index (χ0v) is 13.5. The molecule has 7 heteroatoms. The number of hydrogen-bond donors (Lipinski definition) is 3. The summed E-state index contributed by atoms with van der Waals surface area (Å²) >= 11 is 0. The Bertz CT molecular complexity index is 709. The van der Waals surface area contributed by atoms with Crippen LogP contribution in [0.2, 0.25) is 0 Å². The van der Waals surface area contributed by atoms with E-state index in [9.17, 15) is 9.59 Å². The van der Waals surface area contributed by atoms with Crippen molar-refractivity contribution in [1.82, 2.24) is 20.4 Å². The Morgan fingerprint density at radius 1 is 1.29 bits per heavy atom. The number of anilines is 1. The van der Waals surface area contributed by atoms with Crippen molar-refractivity contribution in [2.45, 2.75) is 38.4 Å². The molecule has 24 heavy (non-hydrogen) atoms. The van der Waals surface area contributed by atoms with Crippen molar-refractivity contribution in [1.29, 1.82) is 0 Å². The monoisotopic (exact) mass is 327 g/mol. The summed E-state index contributed by atoms with van der Waals surface area (Å²) in [6, 6.07) is 9.25. The summed E-state index contributed by atoms with van der Waals surface area (Å²) in [4.78, 5) is 23.6. The molecule has 0 unspecified atom stereocenters. The van der Waals surface area contributed by atoms with Crippen molar-refractivity contribution in [3.63, 3.8) is 0 Å². The van der Waals surface area contributed by atoms with Gasteiger partial charge in [0.25, 0.3) is 0 Å². The Balaban J connectivity index is 1.49. The topological polar surface area (TPSA) is 88.1 Å². The molecule has 3 rings (SSSR count). The van der Waals surface area contributed by atoms with Crippen LogP contribution in [0.1, 0.15) is 25.3 Å². The van der Waals surface area contributed by atoms with Crippen LogP contribution in [0.25, 0.3) is 0 Å². The zero-order chi connectivity index (χ0) is 16.9. The van der Waals surface area contributed by atoms with E-state index in [-0.39, 0.29) is 11.9 Å². The third-order valence-electron chi connectivity index (χ3n) is 3.75. The number of nitrogens with one attached hydrogen (secondary N) is 3. The van der Waals surface area contributed by atoms with E-state index in [0.29, 0.717) is 6.54 Å². The van der Waals surface area contributed by atoms with Gasteiger partial charge in [-0.2, -0.15) is 5.10 Å². The maximum atomic E-state index is 12.0. The van der Waals surface area contributed by atoms with E-state index in [4.69, 9.17) is 0 Å². The second-order valence-electron chi connectivity index (χ2n) is 6.02. The average Bonchev–Trinajstić information content (AvgIpc) is 3.26. The van der Waals surface area contributed by atoms with Gasteiger partial charge in [-0.15, -0.1) is 0 Å². The lowest BCUT2D eigenvalue weighted by Gasteiger charge is -2.13. The highest BCUT2D eigenvalue weighted by Crippen LogP contribution is 2.18. The summed E-state index contributed by atoms with van der Waals surface area (Å²) < 4.78 is 1.79. The largest absolute Gasteiger partial charge is 0.371 e. The quantitative estimate of drug-likeness (QED) is 0.754. The fourth-order valence-electron chi connectivity index (χ4n) is 2.28. The van der Waals surface area contributed by atoms with Crippen LogP contribution in [0.4, 0.5) is 10.5 Å². The van der Waals surface area contributed by atoms with Crippen LogP contribution in [0.5, 0.6) is 0 Å². The standard InChI is InChI=1S/C17H21N5O2/c1-12(16(23)21-17(24)20-14-7-8-14)19-15-9-18-22(11-15)10-13-5-3-2-4-6-13/h2-6,9,11-12,14,19H,7-8,10H2,1H3,(H2,20,21,23,24)/t12-/m0/s1. The van der Waals surface area contributed by atoms with Crippen LogP contribution in [0, 0.1) is 0 Å². The van der Waals surface area contributed by atoms with Gasteiger partial charge in [0.1, 0.15) is 6.04 Å². The Morgan fingerprint density at radius 2 is 2.04 bits per heavy atom. The number of imide groups is 1. The summed E-state index contributed by atoms with van der Waals surface area (Å²) in [5.74, 6) is -0.371. The fourth-order valence-corrected chi connectivity index (χ4v) is 2.28. The van der Waals surface area contributed by atoms with Crippen molar-refractivity contribution in [3.8, 4) is 0 Å². The average molecular weight is 327 g/mol. The Morgan fingerprint density at radius 3 is 2.75 bits per heavy atom. The molecule has 2 aromatic rings. The highest BCUT2D eigenvalue weighted by atomic mass is 16.2. The lowest BCUT2D eigenvalue weighted by atomic mass is 10.2. The van der Waals surface area contributed by atoms with E-state index >= 15 is 0 Å². The molecule has 1 aromatic carbocycles. The highest BCUT2D eigenvalue weighted by Gasteiger charge is 2.25. The molecule has 0 aliphatic heterocycles. The Labute approximate surface area is 140 Å².